The maximum atomic E-state index is 13.4. The molecular formula is C15H22FN3O2. The van der Waals surface area contributed by atoms with Gasteiger partial charge in [0.25, 0.3) is 0 Å². The van der Waals surface area contributed by atoms with Crippen molar-refractivity contribution in [3.8, 4) is 0 Å². The van der Waals surface area contributed by atoms with Gasteiger partial charge in [0.2, 0.25) is 0 Å². The number of nitrogen functional groups attached to an aromatic ring is 1. The zero-order valence-electron chi connectivity index (χ0n) is 12.4. The van der Waals surface area contributed by atoms with Gasteiger partial charge in [-0.1, -0.05) is 6.92 Å². The van der Waals surface area contributed by atoms with Crippen LogP contribution < -0.4 is 11.1 Å². The minimum atomic E-state index is -1.22. The average Bonchev–Trinajstić information content (AvgIpc) is 2.43. The van der Waals surface area contributed by atoms with E-state index in [9.17, 15) is 14.3 Å². The number of hydrogen-bond acceptors (Lipinski definition) is 4. The summed E-state index contributed by atoms with van der Waals surface area (Å²) in [7, 11) is 2.09. The number of hydrogen-bond donors (Lipinski definition) is 3. The highest BCUT2D eigenvalue weighted by atomic mass is 19.1. The Labute approximate surface area is 123 Å². The fraction of sp³-hybridized carbons (Fsp3) is 0.533. The van der Waals surface area contributed by atoms with Gasteiger partial charge >= 0.3 is 5.97 Å². The summed E-state index contributed by atoms with van der Waals surface area (Å²) in [5, 5.41) is 12.4. The van der Waals surface area contributed by atoms with E-state index in [0.29, 0.717) is 12.2 Å². The molecule has 21 heavy (non-hydrogen) atoms. The molecule has 0 spiro atoms. The summed E-state index contributed by atoms with van der Waals surface area (Å²) in [6, 6.07) is 2.63. The molecular weight excluding hydrogens is 273 g/mol. The van der Waals surface area contributed by atoms with Crippen LogP contribution in [0.1, 0.15) is 30.1 Å². The van der Waals surface area contributed by atoms with Crippen molar-refractivity contribution in [2.75, 3.05) is 37.7 Å². The van der Waals surface area contributed by atoms with Crippen LogP contribution in [0.25, 0.3) is 0 Å². The molecule has 0 atom stereocenters. The Morgan fingerprint density at radius 1 is 1.48 bits per heavy atom. The van der Waals surface area contributed by atoms with E-state index in [4.69, 9.17) is 5.73 Å². The molecule has 0 saturated carbocycles. The van der Waals surface area contributed by atoms with Crippen LogP contribution in [0.15, 0.2) is 12.1 Å². The largest absolute Gasteiger partial charge is 0.478 e. The van der Waals surface area contributed by atoms with E-state index in [2.05, 4.69) is 24.2 Å². The van der Waals surface area contributed by atoms with Crippen LogP contribution in [0, 0.1) is 11.2 Å². The third kappa shape index (κ3) is 3.44. The molecule has 6 heteroatoms. The Morgan fingerprint density at radius 2 is 2.10 bits per heavy atom. The van der Waals surface area contributed by atoms with Crippen LogP contribution in [-0.4, -0.2) is 42.7 Å². The Hall–Kier alpha value is -1.82. The third-order valence-corrected chi connectivity index (χ3v) is 4.31. The van der Waals surface area contributed by atoms with E-state index in [-0.39, 0.29) is 16.7 Å². The second kappa shape index (κ2) is 5.89. The molecule has 1 aliphatic heterocycles. The summed E-state index contributed by atoms with van der Waals surface area (Å²) in [5.74, 6) is -1.92. The van der Waals surface area contributed by atoms with Gasteiger partial charge in [-0.2, -0.15) is 0 Å². The van der Waals surface area contributed by atoms with Gasteiger partial charge in [0.1, 0.15) is 11.4 Å². The number of halogens is 1. The van der Waals surface area contributed by atoms with E-state index in [1.807, 2.05) is 0 Å². The normalized spacial score (nSPS) is 18.4. The van der Waals surface area contributed by atoms with Gasteiger partial charge in [0, 0.05) is 6.54 Å². The molecule has 4 N–H and O–H groups in total. The first kappa shape index (κ1) is 15.6. The highest BCUT2D eigenvalue weighted by Gasteiger charge is 2.29. The number of anilines is 2. The topological polar surface area (TPSA) is 78.6 Å². The standard InChI is InChI=1S/C15H22FN3O2/c1-15(5-7-19(2)8-6-15)9-18-11-4-3-10(16)13(17)12(11)14(20)21/h3-4,18H,5-9,17H2,1-2H3,(H,20,21). The first-order valence-corrected chi connectivity index (χ1v) is 7.06. The summed E-state index contributed by atoms with van der Waals surface area (Å²) >= 11 is 0. The lowest BCUT2D eigenvalue weighted by Gasteiger charge is -2.38. The van der Waals surface area contributed by atoms with Gasteiger partial charge in [-0.05, 0) is 50.5 Å². The maximum absolute atomic E-state index is 13.4. The maximum Gasteiger partial charge on any atom is 0.340 e. The summed E-state index contributed by atoms with van der Waals surface area (Å²) in [6.07, 6.45) is 2.07. The molecule has 0 radical (unpaired) electrons. The minimum Gasteiger partial charge on any atom is -0.478 e. The Bertz CT molecular complexity index is 540. The number of aromatic carboxylic acids is 1. The molecule has 0 aliphatic carbocycles. The quantitative estimate of drug-likeness (QED) is 0.743. The molecule has 1 aromatic carbocycles. The fourth-order valence-corrected chi connectivity index (χ4v) is 2.62. The van der Waals surface area contributed by atoms with Gasteiger partial charge in [0.15, 0.2) is 0 Å². The molecule has 1 saturated heterocycles. The van der Waals surface area contributed by atoms with E-state index in [0.717, 1.165) is 25.9 Å². The molecule has 0 unspecified atom stereocenters. The molecule has 0 amide bonds. The van der Waals surface area contributed by atoms with E-state index < -0.39 is 11.8 Å². The number of nitrogens with one attached hydrogen (secondary N) is 1. The van der Waals surface area contributed by atoms with Crippen LogP contribution in [0.4, 0.5) is 15.8 Å². The van der Waals surface area contributed by atoms with Crippen LogP contribution in [0.5, 0.6) is 0 Å². The van der Waals surface area contributed by atoms with E-state index >= 15 is 0 Å². The van der Waals surface area contributed by atoms with Crippen molar-refractivity contribution in [1.82, 2.24) is 4.90 Å². The minimum absolute atomic E-state index is 0.103. The van der Waals surface area contributed by atoms with E-state index in [1.54, 1.807) is 0 Å². The molecule has 2 rings (SSSR count). The number of piperidine rings is 1. The van der Waals surface area contributed by atoms with Crippen molar-refractivity contribution >= 4 is 17.3 Å². The first-order valence-electron chi connectivity index (χ1n) is 7.06. The third-order valence-electron chi connectivity index (χ3n) is 4.31. The SMILES string of the molecule is CN1CCC(C)(CNc2ccc(F)c(N)c2C(=O)O)CC1. The lowest BCUT2D eigenvalue weighted by molar-refractivity contribution is 0.0698. The lowest BCUT2D eigenvalue weighted by Crippen LogP contribution is -2.40. The molecule has 1 fully saturated rings. The highest BCUT2D eigenvalue weighted by Crippen LogP contribution is 2.32. The van der Waals surface area contributed by atoms with Crippen molar-refractivity contribution in [3.05, 3.63) is 23.5 Å². The van der Waals surface area contributed by atoms with Crippen molar-refractivity contribution in [2.45, 2.75) is 19.8 Å². The van der Waals surface area contributed by atoms with Crippen molar-refractivity contribution in [2.24, 2.45) is 5.41 Å². The second-order valence-electron chi connectivity index (χ2n) is 6.16. The molecule has 5 nitrogen and oxygen atoms in total. The zero-order chi connectivity index (χ0) is 15.6. The van der Waals surface area contributed by atoms with Crippen molar-refractivity contribution in [1.29, 1.82) is 0 Å². The number of likely N-dealkylation sites (tertiary alicyclic amines) is 1. The molecule has 1 aliphatic rings. The average molecular weight is 295 g/mol. The molecule has 1 heterocycles. The molecule has 0 aromatic heterocycles. The van der Waals surface area contributed by atoms with Gasteiger partial charge in [0.05, 0.1) is 11.4 Å². The second-order valence-corrected chi connectivity index (χ2v) is 6.16. The van der Waals surface area contributed by atoms with Crippen LogP contribution in [0.3, 0.4) is 0 Å². The zero-order valence-corrected chi connectivity index (χ0v) is 12.4. The number of rotatable bonds is 4. The Balaban J connectivity index is 2.13. The Kier molecular flexibility index (Phi) is 4.37. The predicted octanol–water partition coefficient (Wildman–Crippen LogP) is 2.25. The molecule has 116 valence electrons. The summed E-state index contributed by atoms with van der Waals surface area (Å²) in [4.78, 5) is 13.6. The predicted molar refractivity (Wildman–Crippen MR) is 81.1 cm³/mol. The lowest BCUT2D eigenvalue weighted by atomic mass is 9.80. The van der Waals surface area contributed by atoms with Crippen molar-refractivity contribution < 1.29 is 14.3 Å². The van der Waals surface area contributed by atoms with Crippen LogP contribution >= 0.6 is 0 Å². The number of carboxylic acids is 1. The van der Waals surface area contributed by atoms with Gasteiger partial charge in [-0.25, -0.2) is 9.18 Å². The number of nitrogens with zero attached hydrogens (tertiary/aromatic N) is 1. The number of carbonyl (C=O) groups is 1. The number of carboxylic acid groups (broad SMARTS) is 1. The summed E-state index contributed by atoms with van der Waals surface area (Å²) < 4.78 is 13.4. The van der Waals surface area contributed by atoms with Crippen molar-refractivity contribution in [3.63, 3.8) is 0 Å². The first-order chi connectivity index (χ1) is 9.82. The highest BCUT2D eigenvalue weighted by molar-refractivity contribution is 6.00. The molecule has 1 aromatic rings. The van der Waals surface area contributed by atoms with Crippen LogP contribution in [0.2, 0.25) is 0 Å². The monoisotopic (exact) mass is 295 g/mol. The van der Waals surface area contributed by atoms with Gasteiger partial charge < -0.3 is 21.1 Å². The van der Waals surface area contributed by atoms with E-state index in [1.165, 1.54) is 12.1 Å². The molecule has 0 bridgehead atoms. The fourth-order valence-electron chi connectivity index (χ4n) is 2.62. The van der Waals surface area contributed by atoms with Crippen LogP contribution in [-0.2, 0) is 0 Å². The van der Waals surface area contributed by atoms with Gasteiger partial charge in [-0.15, -0.1) is 0 Å². The summed E-state index contributed by atoms with van der Waals surface area (Å²) in [5.41, 5.74) is 5.51. The van der Waals surface area contributed by atoms with Gasteiger partial charge in [-0.3, -0.25) is 0 Å². The number of nitrogens with two attached hydrogens (primary N) is 1. The number of benzene rings is 1. The smallest absolute Gasteiger partial charge is 0.340 e. The summed E-state index contributed by atoms with van der Waals surface area (Å²) in [6.45, 7) is 4.87. The Morgan fingerprint density at radius 3 is 2.67 bits per heavy atom.